The Morgan fingerprint density at radius 3 is 2.88 bits per heavy atom. The monoisotopic (exact) mass is 240 g/mol. The zero-order valence-electron chi connectivity index (χ0n) is 9.00. The summed E-state index contributed by atoms with van der Waals surface area (Å²) in [5, 5.41) is 11.1. The van der Waals surface area contributed by atoms with Gasteiger partial charge < -0.3 is 10.8 Å². The summed E-state index contributed by atoms with van der Waals surface area (Å²) in [6.45, 7) is 0.883. The molecule has 0 amide bonds. The Kier molecular flexibility index (Phi) is 3.58. The van der Waals surface area contributed by atoms with E-state index in [1.807, 2.05) is 22.4 Å². The third kappa shape index (κ3) is 2.61. The minimum atomic E-state index is -0.814. The average Bonchev–Trinajstić information content (AvgIpc) is 2.96. The lowest BCUT2D eigenvalue weighted by Crippen LogP contribution is -2.46. The molecule has 0 spiro atoms. The van der Waals surface area contributed by atoms with Gasteiger partial charge in [-0.2, -0.15) is 0 Å². The van der Waals surface area contributed by atoms with E-state index in [1.165, 1.54) is 4.88 Å². The van der Waals surface area contributed by atoms with Crippen LogP contribution in [-0.2, 0) is 11.3 Å². The van der Waals surface area contributed by atoms with Crippen molar-refractivity contribution in [2.24, 2.45) is 5.73 Å². The van der Waals surface area contributed by atoms with Crippen LogP contribution in [0.1, 0.15) is 17.7 Å². The predicted octanol–water partition coefficient (Wildman–Crippen LogP) is 1.12. The fraction of sp³-hybridized carbons (Fsp3) is 0.545. The zero-order chi connectivity index (χ0) is 11.5. The van der Waals surface area contributed by atoms with Crippen LogP contribution < -0.4 is 5.73 Å². The summed E-state index contributed by atoms with van der Waals surface area (Å²) in [6, 6.07) is 3.89. The smallest absolute Gasteiger partial charge is 0.322 e. The summed E-state index contributed by atoms with van der Waals surface area (Å²) in [5.41, 5.74) is 5.55. The molecule has 0 aliphatic heterocycles. The van der Waals surface area contributed by atoms with E-state index < -0.39 is 12.0 Å². The fourth-order valence-corrected chi connectivity index (χ4v) is 2.57. The molecular formula is C11H16N2O2S. The van der Waals surface area contributed by atoms with Gasteiger partial charge in [0, 0.05) is 24.0 Å². The van der Waals surface area contributed by atoms with Crippen molar-refractivity contribution in [2.45, 2.75) is 31.5 Å². The summed E-state index contributed by atoms with van der Waals surface area (Å²) in [5.74, 6) is -0.814. The summed E-state index contributed by atoms with van der Waals surface area (Å²) in [4.78, 5) is 14.3. The first-order valence-electron chi connectivity index (χ1n) is 5.43. The molecular weight excluding hydrogens is 224 g/mol. The lowest BCUT2D eigenvalue weighted by Gasteiger charge is -2.27. The van der Waals surface area contributed by atoms with E-state index >= 15 is 0 Å². The van der Waals surface area contributed by atoms with E-state index in [-0.39, 0.29) is 6.54 Å². The molecule has 1 saturated carbocycles. The third-order valence-corrected chi connectivity index (χ3v) is 3.70. The van der Waals surface area contributed by atoms with Gasteiger partial charge >= 0.3 is 5.97 Å². The molecule has 1 aliphatic carbocycles. The normalized spacial score (nSPS) is 17.6. The molecule has 1 heterocycles. The molecule has 4 nitrogen and oxygen atoms in total. The number of thiophene rings is 1. The van der Waals surface area contributed by atoms with Gasteiger partial charge in [0.05, 0.1) is 0 Å². The number of hydrogen-bond acceptors (Lipinski definition) is 4. The van der Waals surface area contributed by atoms with E-state index in [1.54, 1.807) is 11.3 Å². The van der Waals surface area contributed by atoms with Crippen molar-refractivity contribution >= 4 is 17.3 Å². The summed E-state index contributed by atoms with van der Waals surface area (Å²) in [7, 11) is 0. The summed E-state index contributed by atoms with van der Waals surface area (Å²) < 4.78 is 0. The second-order valence-corrected chi connectivity index (χ2v) is 5.10. The first-order chi connectivity index (χ1) is 7.72. The maximum absolute atomic E-state index is 11.1. The molecule has 2 rings (SSSR count). The molecule has 0 saturated heterocycles. The SMILES string of the molecule is NCC(C(=O)O)N(Cc1cccs1)C1CC1. The Hall–Kier alpha value is -0.910. The first-order valence-corrected chi connectivity index (χ1v) is 6.31. The lowest BCUT2D eigenvalue weighted by molar-refractivity contribution is -0.143. The van der Waals surface area contributed by atoms with Crippen LogP contribution in [0.4, 0.5) is 0 Å². The van der Waals surface area contributed by atoms with E-state index in [9.17, 15) is 4.79 Å². The summed E-state index contributed by atoms with van der Waals surface area (Å²) in [6.07, 6.45) is 2.18. The van der Waals surface area contributed by atoms with Gasteiger partial charge in [-0.25, -0.2) is 0 Å². The molecule has 1 aromatic heterocycles. The second kappa shape index (κ2) is 4.95. The molecule has 1 unspecified atom stereocenters. The topological polar surface area (TPSA) is 66.6 Å². The molecule has 0 aromatic carbocycles. The maximum atomic E-state index is 11.1. The van der Waals surface area contributed by atoms with Crippen LogP contribution in [0.15, 0.2) is 17.5 Å². The number of rotatable bonds is 6. The number of nitrogens with zero attached hydrogens (tertiary/aromatic N) is 1. The minimum absolute atomic E-state index is 0.178. The van der Waals surface area contributed by atoms with E-state index in [0.29, 0.717) is 12.6 Å². The van der Waals surface area contributed by atoms with Crippen molar-refractivity contribution < 1.29 is 9.90 Å². The number of nitrogens with two attached hydrogens (primary N) is 1. The van der Waals surface area contributed by atoms with Crippen molar-refractivity contribution in [1.82, 2.24) is 4.90 Å². The van der Waals surface area contributed by atoms with Crippen LogP contribution in [0.2, 0.25) is 0 Å². The van der Waals surface area contributed by atoms with Gasteiger partial charge in [-0.05, 0) is 24.3 Å². The second-order valence-electron chi connectivity index (χ2n) is 4.07. The van der Waals surface area contributed by atoms with Crippen LogP contribution in [0.3, 0.4) is 0 Å². The van der Waals surface area contributed by atoms with Crippen LogP contribution in [0, 0.1) is 0 Å². The first kappa shape index (κ1) is 11.6. The van der Waals surface area contributed by atoms with Crippen molar-refractivity contribution in [3.63, 3.8) is 0 Å². The van der Waals surface area contributed by atoms with Gasteiger partial charge in [0.1, 0.15) is 6.04 Å². The van der Waals surface area contributed by atoms with Crippen molar-refractivity contribution in [3.8, 4) is 0 Å². The van der Waals surface area contributed by atoms with Crippen molar-refractivity contribution in [2.75, 3.05) is 6.54 Å². The quantitative estimate of drug-likeness (QED) is 0.782. The largest absolute Gasteiger partial charge is 0.480 e. The van der Waals surface area contributed by atoms with Gasteiger partial charge in [0.25, 0.3) is 0 Å². The molecule has 1 aliphatic rings. The zero-order valence-corrected chi connectivity index (χ0v) is 9.82. The Morgan fingerprint density at radius 2 is 2.44 bits per heavy atom. The van der Waals surface area contributed by atoms with Gasteiger partial charge in [-0.1, -0.05) is 6.07 Å². The molecule has 1 atom stereocenters. The number of carboxylic acids is 1. The van der Waals surface area contributed by atoms with Crippen molar-refractivity contribution in [1.29, 1.82) is 0 Å². The highest BCUT2D eigenvalue weighted by Crippen LogP contribution is 2.30. The van der Waals surface area contributed by atoms with Crippen LogP contribution in [0.25, 0.3) is 0 Å². The van der Waals surface area contributed by atoms with Gasteiger partial charge in [0.2, 0.25) is 0 Å². The lowest BCUT2D eigenvalue weighted by atomic mass is 10.2. The average molecular weight is 240 g/mol. The number of hydrogen-bond donors (Lipinski definition) is 2. The molecule has 88 valence electrons. The standard InChI is InChI=1S/C11H16N2O2S/c12-6-10(11(14)15)13(8-3-4-8)7-9-2-1-5-16-9/h1-2,5,8,10H,3-4,6-7,12H2,(H,14,15). The van der Waals surface area contributed by atoms with Crippen LogP contribution in [-0.4, -0.2) is 34.6 Å². The van der Waals surface area contributed by atoms with E-state index in [2.05, 4.69) is 0 Å². The molecule has 1 fully saturated rings. The minimum Gasteiger partial charge on any atom is -0.480 e. The summed E-state index contributed by atoms with van der Waals surface area (Å²) >= 11 is 1.66. The van der Waals surface area contributed by atoms with Gasteiger partial charge in [-0.15, -0.1) is 11.3 Å². The van der Waals surface area contributed by atoms with Crippen LogP contribution >= 0.6 is 11.3 Å². The highest BCUT2D eigenvalue weighted by Gasteiger charge is 2.36. The third-order valence-electron chi connectivity index (χ3n) is 2.84. The Balaban J connectivity index is 2.07. The molecule has 3 N–H and O–H groups in total. The Bertz CT molecular complexity index is 349. The fourth-order valence-electron chi connectivity index (χ4n) is 1.86. The predicted molar refractivity (Wildman–Crippen MR) is 63.4 cm³/mol. The maximum Gasteiger partial charge on any atom is 0.322 e. The highest BCUT2D eigenvalue weighted by atomic mass is 32.1. The van der Waals surface area contributed by atoms with E-state index in [4.69, 9.17) is 10.8 Å². The number of carbonyl (C=O) groups is 1. The van der Waals surface area contributed by atoms with Gasteiger partial charge in [0.15, 0.2) is 0 Å². The molecule has 5 heteroatoms. The van der Waals surface area contributed by atoms with Gasteiger partial charge in [-0.3, -0.25) is 9.69 Å². The Morgan fingerprint density at radius 1 is 1.69 bits per heavy atom. The van der Waals surface area contributed by atoms with Crippen molar-refractivity contribution in [3.05, 3.63) is 22.4 Å². The molecule has 16 heavy (non-hydrogen) atoms. The molecule has 0 bridgehead atoms. The Labute approximate surface area is 98.7 Å². The molecule has 1 aromatic rings. The van der Waals surface area contributed by atoms with E-state index in [0.717, 1.165) is 12.8 Å². The number of carboxylic acid groups (broad SMARTS) is 1. The highest BCUT2D eigenvalue weighted by molar-refractivity contribution is 7.09. The number of aliphatic carboxylic acids is 1. The molecule has 0 radical (unpaired) electrons. The van der Waals surface area contributed by atoms with Crippen LogP contribution in [0.5, 0.6) is 0 Å².